The Labute approximate surface area is 123 Å². The zero-order valence-electron chi connectivity index (χ0n) is 11.3. The first-order chi connectivity index (χ1) is 10.6. The minimum atomic E-state index is -1.08. The first-order valence-corrected chi connectivity index (χ1v) is 6.13. The van der Waals surface area contributed by atoms with E-state index in [0.29, 0.717) is 5.06 Å². The molecule has 0 bridgehead atoms. The molecule has 9 heteroatoms. The van der Waals surface area contributed by atoms with Crippen LogP contribution in [0.4, 0.5) is 0 Å². The lowest BCUT2D eigenvalue weighted by Gasteiger charge is -2.10. The third-order valence-electron chi connectivity index (χ3n) is 2.85. The Morgan fingerprint density at radius 3 is 2.45 bits per heavy atom. The molecular weight excluding hydrogens is 294 g/mol. The molecule has 112 valence electrons. The summed E-state index contributed by atoms with van der Waals surface area (Å²) in [6, 6.07) is 6.14. The van der Waals surface area contributed by atoms with Gasteiger partial charge in [0.1, 0.15) is 6.61 Å². The Morgan fingerprint density at radius 1 is 1.23 bits per heavy atom. The summed E-state index contributed by atoms with van der Waals surface area (Å²) in [6.07, 6.45) is 0. The molecule has 1 aliphatic heterocycles. The molecule has 1 aliphatic rings. The summed E-state index contributed by atoms with van der Waals surface area (Å²) in [6.45, 7) is 0.0211. The number of methoxy groups -OCH3 is 1. The van der Waals surface area contributed by atoms with E-state index in [-0.39, 0.29) is 23.6 Å². The van der Waals surface area contributed by atoms with Gasteiger partial charge in [0.25, 0.3) is 23.5 Å². The molecule has 0 atom stereocenters. The lowest BCUT2D eigenvalue weighted by atomic mass is 10.1. The summed E-state index contributed by atoms with van der Waals surface area (Å²) in [7, 11) is 1.42. The average molecular weight is 303 g/mol. The number of rotatable bonds is 4. The van der Waals surface area contributed by atoms with Crippen LogP contribution in [0.5, 0.6) is 0 Å². The van der Waals surface area contributed by atoms with Crippen LogP contribution < -0.4 is 0 Å². The van der Waals surface area contributed by atoms with Crippen LogP contribution in [0.2, 0.25) is 0 Å². The van der Waals surface area contributed by atoms with Gasteiger partial charge in [-0.25, -0.2) is 4.79 Å². The van der Waals surface area contributed by atoms with Gasteiger partial charge in [0, 0.05) is 7.11 Å². The van der Waals surface area contributed by atoms with Gasteiger partial charge in [-0.3, -0.25) is 9.59 Å². The number of benzene rings is 1. The standard InChI is InChI=1S/C13H9N3O6/c1-20-6-9-14-10(15-21-9)13(19)22-16-11(17)7-4-2-3-5-8(7)12(16)18/h2-5H,6H2,1H3. The number of hydroxylamine groups is 2. The smallest absolute Gasteiger partial charge is 0.375 e. The lowest BCUT2D eigenvalue weighted by Crippen LogP contribution is -2.33. The minimum Gasteiger partial charge on any atom is -0.375 e. The molecule has 0 fully saturated rings. The molecule has 1 aromatic heterocycles. The Hall–Kier alpha value is -3.07. The lowest BCUT2D eigenvalue weighted by molar-refractivity contribution is -0.0594. The van der Waals surface area contributed by atoms with E-state index in [1.54, 1.807) is 12.1 Å². The number of hydrogen-bond acceptors (Lipinski definition) is 8. The zero-order valence-corrected chi connectivity index (χ0v) is 11.3. The fourth-order valence-electron chi connectivity index (χ4n) is 1.89. The summed E-state index contributed by atoms with van der Waals surface area (Å²) in [5.41, 5.74) is 0.321. The van der Waals surface area contributed by atoms with E-state index >= 15 is 0 Å². The Bertz CT molecular complexity index is 734. The van der Waals surface area contributed by atoms with Gasteiger partial charge in [-0.1, -0.05) is 17.2 Å². The average Bonchev–Trinajstić information content (AvgIpc) is 3.08. The van der Waals surface area contributed by atoms with Gasteiger partial charge in [-0.15, -0.1) is 0 Å². The number of imide groups is 1. The summed E-state index contributed by atoms with van der Waals surface area (Å²) in [5, 5.41) is 3.76. The number of amides is 2. The number of nitrogens with zero attached hydrogens (tertiary/aromatic N) is 3. The first kappa shape index (κ1) is 13.9. The van der Waals surface area contributed by atoms with Crippen molar-refractivity contribution in [3.63, 3.8) is 0 Å². The first-order valence-electron chi connectivity index (χ1n) is 6.13. The minimum absolute atomic E-state index is 0.0211. The molecule has 0 N–H and O–H groups in total. The van der Waals surface area contributed by atoms with Crippen molar-refractivity contribution in [1.29, 1.82) is 0 Å². The van der Waals surface area contributed by atoms with Gasteiger partial charge in [-0.2, -0.15) is 4.98 Å². The van der Waals surface area contributed by atoms with Crippen LogP contribution in [0.25, 0.3) is 0 Å². The predicted octanol–water partition coefficient (Wildman–Crippen LogP) is 0.584. The molecule has 9 nitrogen and oxygen atoms in total. The van der Waals surface area contributed by atoms with Crippen LogP contribution >= 0.6 is 0 Å². The molecule has 1 aromatic carbocycles. The van der Waals surface area contributed by atoms with E-state index < -0.39 is 23.6 Å². The van der Waals surface area contributed by atoms with Crippen molar-refractivity contribution in [3.05, 3.63) is 47.1 Å². The van der Waals surface area contributed by atoms with Gasteiger partial charge in [0.15, 0.2) is 0 Å². The van der Waals surface area contributed by atoms with Gasteiger partial charge in [0.2, 0.25) is 0 Å². The summed E-state index contributed by atoms with van der Waals surface area (Å²) >= 11 is 0. The SMILES string of the molecule is COCc1nc(C(=O)ON2C(=O)c3ccccc3C2=O)no1. The molecule has 22 heavy (non-hydrogen) atoms. The van der Waals surface area contributed by atoms with E-state index in [0.717, 1.165) is 0 Å². The molecule has 2 heterocycles. The highest BCUT2D eigenvalue weighted by Crippen LogP contribution is 2.23. The summed E-state index contributed by atoms with van der Waals surface area (Å²) in [4.78, 5) is 44.4. The van der Waals surface area contributed by atoms with Crippen LogP contribution in [0.3, 0.4) is 0 Å². The predicted molar refractivity (Wildman–Crippen MR) is 67.4 cm³/mol. The number of aromatic nitrogens is 2. The highest BCUT2D eigenvalue weighted by atomic mass is 16.7. The third-order valence-corrected chi connectivity index (χ3v) is 2.85. The van der Waals surface area contributed by atoms with Crippen LogP contribution in [0.15, 0.2) is 28.8 Å². The van der Waals surface area contributed by atoms with E-state index in [9.17, 15) is 14.4 Å². The van der Waals surface area contributed by atoms with Crippen LogP contribution in [-0.4, -0.2) is 40.1 Å². The second kappa shape index (κ2) is 5.37. The highest BCUT2D eigenvalue weighted by Gasteiger charge is 2.39. The maximum Gasteiger partial charge on any atom is 0.404 e. The molecule has 2 aromatic rings. The normalized spacial score (nSPS) is 13.4. The molecule has 0 saturated heterocycles. The number of ether oxygens (including phenoxy) is 1. The Kier molecular flexibility index (Phi) is 3.39. The fraction of sp³-hybridized carbons (Fsp3) is 0.154. The van der Waals surface area contributed by atoms with E-state index in [2.05, 4.69) is 10.1 Å². The summed E-state index contributed by atoms with van der Waals surface area (Å²) in [5.74, 6) is -2.88. The third kappa shape index (κ3) is 2.23. The molecule has 0 unspecified atom stereocenters. The molecule has 0 saturated carbocycles. The van der Waals surface area contributed by atoms with Gasteiger partial charge >= 0.3 is 5.97 Å². The number of fused-ring (bicyclic) bond motifs is 1. The monoisotopic (exact) mass is 303 g/mol. The van der Waals surface area contributed by atoms with E-state index in [1.807, 2.05) is 0 Å². The Balaban J connectivity index is 1.77. The molecule has 2 amide bonds. The van der Waals surface area contributed by atoms with Gasteiger partial charge in [-0.05, 0) is 17.3 Å². The molecular formula is C13H9N3O6. The van der Waals surface area contributed by atoms with Crippen LogP contribution in [-0.2, 0) is 16.2 Å². The zero-order chi connectivity index (χ0) is 15.7. The number of carbonyl (C=O) groups excluding carboxylic acids is 3. The number of hydrogen-bond donors (Lipinski definition) is 0. The second-order valence-corrected chi connectivity index (χ2v) is 4.27. The van der Waals surface area contributed by atoms with Crippen molar-refractivity contribution < 1.29 is 28.5 Å². The molecule has 3 rings (SSSR count). The maximum atomic E-state index is 12.0. The van der Waals surface area contributed by atoms with E-state index in [1.165, 1.54) is 19.2 Å². The van der Waals surface area contributed by atoms with Gasteiger partial charge < -0.3 is 14.1 Å². The van der Waals surface area contributed by atoms with E-state index in [4.69, 9.17) is 14.1 Å². The fourth-order valence-corrected chi connectivity index (χ4v) is 1.89. The maximum absolute atomic E-state index is 12.0. The van der Waals surface area contributed by atoms with Crippen molar-refractivity contribution in [1.82, 2.24) is 15.2 Å². The number of carbonyl (C=O) groups is 3. The largest absolute Gasteiger partial charge is 0.404 e. The highest BCUT2D eigenvalue weighted by molar-refractivity contribution is 6.21. The van der Waals surface area contributed by atoms with Crippen molar-refractivity contribution in [2.24, 2.45) is 0 Å². The van der Waals surface area contributed by atoms with Crippen LogP contribution in [0.1, 0.15) is 37.2 Å². The van der Waals surface area contributed by atoms with Crippen molar-refractivity contribution in [3.8, 4) is 0 Å². The van der Waals surface area contributed by atoms with Crippen LogP contribution in [0, 0.1) is 0 Å². The van der Waals surface area contributed by atoms with Crippen molar-refractivity contribution in [2.45, 2.75) is 6.61 Å². The van der Waals surface area contributed by atoms with Crippen molar-refractivity contribution >= 4 is 17.8 Å². The van der Waals surface area contributed by atoms with Gasteiger partial charge in [0.05, 0.1) is 11.1 Å². The van der Waals surface area contributed by atoms with Crippen molar-refractivity contribution in [2.75, 3.05) is 7.11 Å². The molecule has 0 radical (unpaired) electrons. The summed E-state index contributed by atoms with van der Waals surface area (Å²) < 4.78 is 9.49. The molecule has 0 spiro atoms. The quantitative estimate of drug-likeness (QED) is 0.754. The topological polar surface area (TPSA) is 112 Å². The molecule has 0 aliphatic carbocycles. The second-order valence-electron chi connectivity index (χ2n) is 4.27. The Morgan fingerprint density at radius 2 is 1.86 bits per heavy atom.